The maximum atomic E-state index is 14.3. The summed E-state index contributed by atoms with van der Waals surface area (Å²) in [5.74, 6) is 0.0268. The second-order valence-corrected chi connectivity index (χ2v) is 8.91. The Balaban J connectivity index is 1.20. The van der Waals surface area contributed by atoms with Crippen LogP contribution in [0.25, 0.3) is 10.7 Å². The predicted octanol–water partition coefficient (Wildman–Crippen LogP) is 2.72. The Bertz CT molecular complexity index is 1240. The number of H-pyrrole nitrogens is 1. The fourth-order valence-corrected chi connectivity index (χ4v) is 4.57. The quantitative estimate of drug-likeness (QED) is 0.362. The lowest BCUT2D eigenvalue weighted by Gasteiger charge is -2.41. The third-order valence-electron chi connectivity index (χ3n) is 5.69. The van der Waals surface area contributed by atoms with E-state index in [1.54, 1.807) is 18.5 Å². The Morgan fingerprint density at radius 3 is 2.79 bits per heavy atom. The van der Waals surface area contributed by atoms with Crippen LogP contribution in [0.1, 0.15) is 40.3 Å². The number of anilines is 1. The first-order chi connectivity index (χ1) is 16.1. The molecule has 1 amide bonds. The van der Waals surface area contributed by atoms with Crippen LogP contribution in [0.5, 0.6) is 0 Å². The normalized spacial score (nSPS) is 14.5. The summed E-state index contributed by atoms with van der Waals surface area (Å²) < 4.78 is 14.3. The van der Waals surface area contributed by atoms with Crippen LogP contribution in [-0.4, -0.2) is 48.0 Å². The molecule has 0 atom stereocenters. The molecular formula is C21H20FN9OS. The van der Waals surface area contributed by atoms with Gasteiger partial charge in [0.25, 0.3) is 5.91 Å². The van der Waals surface area contributed by atoms with Gasteiger partial charge in [0.15, 0.2) is 5.69 Å². The lowest BCUT2D eigenvalue weighted by Crippen LogP contribution is -2.42. The van der Waals surface area contributed by atoms with Crippen LogP contribution in [0, 0.1) is 5.82 Å². The van der Waals surface area contributed by atoms with E-state index >= 15 is 0 Å². The fraction of sp³-hybridized carbons (Fsp3) is 0.286. The van der Waals surface area contributed by atoms with Gasteiger partial charge >= 0.3 is 0 Å². The SMILES string of the molecule is O=C(NCc1cnc(-c2ccc(NCC3(c4ncccc4F)CCC3)nn2)s1)c1cn[nH]n1. The summed E-state index contributed by atoms with van der Waals surface area (Å²) in [5, 5.41) is 25.0. The molecule has 5 rings (SSSR count). The van der Waals surface area contributed by atoms with Gasteiger partial charge in [-0.1, -0.05) is 6.42 Å². The van der Waals surface area contributed by atoms with Gasteiger partial charge in [-0.3, -0.25) is 9.78 Å². The van der Waals surface area contributed by atoms with Gasteiger partial charge in [-0.05, 0) is 37.1 Å². The van der Waals surface area contributed by atoms with Gasteiger partial charge in [0.1, 0.15) is 22.3 Å². The molecule has 4 heterocycles. The number of amides is 1. The molecule has 4 aromatic rings. The summed E-state index contributed by atoms with van der Waals surface area (Å²) >= 11 is 1.42. The standard InChI is InChI=1S/C21H20FN9OS/c22-14-3-1-8-23-18(14)21(6-2-7-21)12-26-17-5-4-15(28-30-17)20-25-10-13(33-20)9-24-19(32)16-11-27-31-29-16/h1,3-5,8,10-11H,2,6-7,9,12H2,(H,24,32)(H,26,30)(H,27,29,31). The van der Waals surface area contributed by atoms with E-state index in [0.29, 0.717) is 35.3 Å². The number of hydrogen-bond donors (Lipinski definition) is 3. The van der Waals surface area contributed by atoms with Crippen molar-refractivity contribution in [2.45, 2.75) is 31.2 Å². The van der Waals surface area contributed by atoms with Crippen molar-refractivity contribution in [2.75, 3.05) is 11.9 Å². The van der Waals surface area contributed by atoms with E-state index in [0.717, 1.165) is 24.1 Å². The van der Waals surface area contributed by atoms with Gasteiger partial charge in [0.05, 0.1) is 18.4 Å². The first kappa shape index (κ1) is 21.1. The maximum absolute atomic E-state index is 14.3. The highest BCUT2D eigenvalue weighted by Crippen LogP contribution is 2.43. The van der Waals surface area contributed by atoms with Gasteiger partial charge in [0.2, 0.25) is 0 Å². The van der Waals surface area contributed by atoms with Crippen molar-refractivity contribution < 1.29 is 9.18 Å². The summed E-state index contributed by atoms with van der Waals surface area (Å²) in [6.07, 6.45) is 7.50. The lowest BCUT2D eigenvalue weighted by atomic mass is 9.66. The molecule has 1 aliphatic rings. The van der Waals surface area contributed by atoms with E-state index in [2.05, 4.69) is 46.2 Å². The number of thiazole rings is 1. The number of halogens is 1. The molecule has 0 aromatic carbocycles. The van der Waals surface area contributed by atoms with Crippen LogP contribution >= 0.6 is 11.3 Å². The van der Waals surface area contributed by atoms with Crippen LogP contribution in [0.2, 0.25) is 0 Å². The summed E-state index contributed by atoms with van der Waals surface area (Å²) in [4.78, 5) is 21.5. The van der Waals surface area contributed by atoms with Crippen molar-refractivity contribution in [3.05, 3.63) is 64.9 Å². The van der Waals surface area contributed by atoms with Crippen molar-refractivity contribution in [1.29, 1.82) is 0 Å². The molecule has 168 valence electrons. The largest absolute Gasteiger partial charge is 0.368 e. The minimum atomic E-state index is -0.316. The van der Waals surface area contributed by atoms with Crippen molar-refractivity contribution in [1.82, 2.24) is 40.9 Å². The smallest absolute Gasteiger partial charge is 0.273 e. The zero-order chi connectivity index (χ0) is 22.7. The van der Waals surface area contributed by atoms with Crippen molar-refractivity contribution in [3.8, 4) is 10.7 Å². The van der Waals surface area contributed by atoms with Crippen molar-refractivity contribution >= 4 is 23.1 Å². The Labute approximate surface area is 192 Å². The molecule has 33 heavy (non-hydrogen) atoms. The van der Waals surface area contributed by atoms with Gasteiger partial charge in [0, 0.05) is 29.2 Å². The molecule has 1 fully saturated rings. The number of carbonyl (C=O) groups is 1. The lowest BCUT2D eigenvalue weighted by molar-refractivity contribution is 0.0946. The Morgan fingerprint density at radius 1 is 1.18 bits per heavy atom. The molecule has 10 nitrogen and oxygen atoms in total. The number of carbonyl (C=O) groups excluding carboxylic acids is 1. The monoisotopic (exact) mass is 465 g/mol. The third-order valence-corrected chi connectivity index (χ3v) is 6.71. The van der Waals surface area contributed by atoms with Crippen LogP contribution < -0.4 is 10.6 Å². The number of aromatic amines is 1. The third kappa shape index (κ3) is 4.42. The molecule has 0 radical (unpaired) electrons. The fourth-order valence-electron chi connectivity index (χ4n) is 3.75. The second kappa shape index (κ2) is 8.98. The molecule has 0 saturated heterocycles. The first-order valence-corrected chi connectivity index (χ1v) is 11.2. The molecule has 4 aromatic heterocycles. The minimum Gasteiger partial charge on any atom is -0.368 e. The van der Waals surface area contributed by atoms with E-state index in [-0.39, 0.29) is 22.8 Å². The van der Waals surface area contributed by atoms with Crippen molar-refractivity contribution in [2.24, 2.45) is 0 Å². The highest BCUT2D eigenvalue weighted by atomic mass is 32.1. The topological polar surface area (TPSA) is 134 Å². The van der Waals surface area contributed by atoms with E-state index in [4.69, 9.17) is 0 Å². The van der Waals surface area contributed by atoms with E-state index < -0.39 is 0 Å². The molecule has 0 spiro atoms. The first-order valence-electron chi connectivity index (χ1n) is 10.4. The van der Waals surface area contributed by atoms with Gasteiger partial charge < -0.3 is 10.6 Å². The molecule has 12 heteroatoms. The average molecular weight is 466 g/mol. The number of pyridine rings is 1. The highest BCUT2D eigenvalue weighted by molar-refractivity contribution is 7.15. The molecule has 0 aliphatic heterocycles. The predicted molar refractivity (Wildman–Crippen MR) is 119 cm³/mol. The Hall–Kier alpha value is -3.80. The highest BCUT2D eigenvalue weighted by Gasteiger charge is 2.41. The number of hydrogen-bond acceptors (Lipinski definition) is 9. The van der Waals surface area contributed by atoms with Gasteiger partial charge in [-0.15, -0.1) is 21.5 Å². The number of nitrogens with zero attached hydrogens (tertiary/aromatic N) is 6. The zero-order valence-electron chi connectivity index (χ0n) is 17.5. The van der Waals surface area contributed by atoms with Crippen LogP contribution in [0.4, 0.5) is 10.2 Å². The van der Waals surface area contributed by atoms with E-state index in [1.807, 2.05) is 12.1 Å². The maximum Gasteiger partial charge on any atom is 0.273 e. The van der Waals surface area contributed by atoms with E-state index in [1.165, 1.54) is 23.6 Å². The summed E-state index contributed by atoms with van der Waals surface area (Å²) in [6.45, 7) is 0.865. The molecule has 0 bridgehead atoms. The van der Waals surface area contributed by atoms with Crippen molar-refractivity contribution in [3.63, 3.8) is 0 Å². The molecule has 1 aliphatic carbocycles. The molecular weight excluding hydrogens is 445 g/mol. The van der Waals surface area contributed by atoms with Gasteiger partial charge in [-0.2, -0.15) is 15.4 Å². The number of nitrogens with one attached hydrogen (secondary N) is 3. The average Bonchev–Trinajstić information content (AvgIpc) is 3.51. The number of aromatic nitrogens is 7. The summed E-state index contributed by atoms with van der Waals surface area (Å²) in [5.41, 5.74) is 1.06. The van der Waals surface area contributed by atoms with Crippen LogP contribution in [-0.2, 0) is 12.0 Å². The Kier molecular flexibility index (Phi) is 5.73. The molecule has 1 saturated carbocycles. The Morgan fingerprint density at radius 2 is 2.09 bits per heavy atom. The summed E-state index contributed by atoms with van der Waals surface area (Å²) in [6, 6.07) is 6.73. The van der Waals surface area contributed by atoms with Crippen LogP contribution in [0.3, 0.4) is 0 Å². The summed E-state index contributed by atoms with van der Waals surface area (Å²) in [7, 11) is 0. The minimum absolute atomic E-state index is 0.225. The van der Waals surface area contributed by atoms with Crippen LogP contribution in [0.15, 0.2) is 42.9 Å². The molecule has 3 N–H and O–H groups in total. The van der Waals surface area contributed by atoms with E-state index in [9.17, 15) is 9.18 Å². The van der Waals surface area contributed by atoms with Gasteiger partial charge in [-0.25, -0.2) is 9.37 Å². The molecule has 0 unspecified atom stereocenters. The zero-order valence-corrected chi connectivity index (χ0v) is 18.3. The second-order valence-electron chi connectivity index (χ2n) is 7.79. The number of rotatable bonds is 8.